The first-order valence-corrected chi connectivity index (χ1v) is 6.36. The maximum atomic E-state index is 5.90. The summed E-state index contributed by atoms with van der Waals surface area (Å²) >= 11 is 0. The fourth-order valence-corrected chi connectivity index (χ4v) is 2.48. The SMILES string of the molecule is COc1ccc2c(C3CCNCCO3)c[nH]c2c1. The average molecular weight is 246 g/mol. The van der Waals surface area contributed by atoms with E-state index < -0.39 is 0 Å². The Bertz CT molecular complexity index is 528. The van der Waals surface area contributed by atoms with Crippen LogP contribution in [0.5, 0.6) is 5.75 Å². The molecule has 18 heavy (non-hydrogen) atoms. The molecule has 1 fully saturated rings. The second kappa shape index (κ2) is 5.00. The van der Waals surface area contributed by atoms with Gasteiger partial charge in [-0.3, -0.25) is 0 Å². The number of H-pyrrole nitrogens is 1. The van der Waals surface area contributed by atoms with Gasteiger partial charge in [-0.15, -0.1) is 0 Å². The van der Waals surface area contributed by atoms with Gasteiger partial charge in [-0.1, -0.05) is 0 Å². The van der Waals surface area contributed by atoms with Gasteiger partial charge in [0, 0.05) is 35.3 Å². The second-order valence-electron chi connectivity index (χ2n) is 4.55. The van der Waals surface area contributed by atoms with Gasteiger partial charge in [0.05, 0.1) is 19.8 Å². The van der Waals surface area contributed by atoms with Crippen LogP contribution in [0, 0.1) is 0 Å². The molecule has 0 bridgehead atoms. The van der Waals surface area contributed by atoms with Crippen molar-refractivity contribution in [3.05, 3.63) is 30.0 Å². The monoisotopic (exact) mass is 246 g/mol. The lowest BCUT2D eigenvalue weighted by atomic mass is 10.1. The zero-order chi connectivity index (χ0) is 12.4. The quantitative estimate of drug-likeness (QED) is 0.854. The highest BCUT2D eigenvalue weighted by atomic mass is 16.5. The van der Waals surface area contributed by atoms with Crippen LogP contribution in [0.25, 0.3) is 10.9 Å². The minimum atomic E-state index is 0.183. The van der Waals surface area contributed by atoms with E-state index in [0.717, 1.165) is 37.4 Å². The van der Waals surface area contributed by atoms with Gasteiger partial charge in [0.2, 0.25) is 0 Å². The van der Waals surface area contributed by atoms with Gasteiger partial charge >= 0.3 is 0 Å². The third kappa shape index (κ3) is 2.09. The van der Waals surface area contributed by atoms with Crippen LogP contribution in [0.1, 0.15) is 18.1 Å². The van der Waals surface area contributed by atoms with Crippen molar-refractivity contribution in [1.29, 1.82) is 0 Å². The number of fused-ring (bicyclic) bond motifs is 1. The van der Waals surface area contributed by atoms with E-state index >= 15 is 0 Å². The number of aromatic amines is 1. The van der Waals surface area contributed by atoms with Gasteiger partial charge in [-0.2, -0.15) is 0 Å². The van der Waals surface area contributed by atoms with Crippen LogP contribution in [0.4, 0.5) is 0 Å². The molecule has 1 aromatic heterocycles. The Morgan fingerprint density at radius 2 is 2.28 bits per heavy atom. The smallest absolute Gasteiger partial charge is 0.120 e. The molecule has 1 unspecified atom stereocenters. The van der Waals surface area contributed by atoms with E-state index in [-0.39, 0.29) is 6.10 Å². The summed E-state index contributed by atoms with van der Waals surface area (Å²) in [6.45, 7) is 2.72. The summed E-state index contributed by atoms with van der Waals surface area (Å²) in [6, 6.07) is 6.12. The Hall–Kier alpha value is -1.52. The molecule has 0 amide bonds. The van der Waals surface area contributed by atoms with E-state index in [4.69, 9.17) is 9.47 Å². The average Bonchev–Trinajstić information content (AvgIpc) is 2.64. The minimum absolute atomic E-state index is 0.183. The van der Waals surface area contributed by atoms with E-state index in [9.17, 15) is 0 Å². The van der Waals surface area contributed by atoms with Crippen LogP contribution in [-0.2, 0) is 4.74 Å². The number of benzene rings is 1. The Morgan fingerprint density at radius 1 is 1.33 bits per heavy atom. The number of aromatic nitrogens is 1. The first kappa shape index (κ1) is 11.6. The number of nitrogens with one attached hydrogen (secondary N) is 2. The maximum Gasteiger partial charge on any atom is 0.120 e. The number of hydrogen-bond donors (Lipinski definition) is 2. The molecule has 0 aliphatic carbocycles. The predicted octanol–water partition coefficient (Wildman–Crippen LogP) is 2.23. The summed E-state index contributed by atoms with van der Waals surface area (Å²) in [5.74, 6) is 0.874. The summed E-state index contributed by atoms with van der Waals surface area (Å²) in [7, 11) is 1.69. The predicted molar refractivity (Wildman–Crippen MR) is 71.0 cm³/mol. The Balaban J connectivity index is 1.96. The number of hydrogen-bond acceptors (Lipinski definition) is 3. The molecule has 1 atom stereocenters. The van der Waals surface area contributed by atoms with E-state index in [1.165, 1.54) is 10.9 Å². The lowest BCUT2D eigenvalue weighted by molar-refractivity contribution is 0.0654. The number of rotatable bonds is 2. The molecule has 2 N–H and O–H groups in total. The normalized spacial score (nSPS) is 20.8. The molecule has 1 aromatic carbocycles. The molecular weight excluding hydrogens is 228 g/mol. The van der Waals surface area contributed by atoms with E-state index in [1.807, 2.05) is 12.1 Å². The highest BCUT2D eigenvalue weighted by molar-refractivity contribution is 5.84. The van der Waals surface area contributed by atoms with Crippen molar-refractivity contribution >= 4 is 10.9 Å². The van der Waals surface area contributed by atoms with Gasteiger partial charge in [0.25, 0.3) is 0 Å². The van der Waals surface area contributed by atoms with Crippen LogP contribution in [0.2, 0.25) is 0 Å². The van der Waals surface area contributed by atoms with Crippen LogP contribution >= 0.6 is 0 Å². The van der Waals surface area contributed by atoms with E-state index in [1.54, 1.807) is 7.11 Å². The molecule has 0 saturated carbocycles. The van der Waals surface area contributed by atoms with Crippen molar-refractivity contribution in [3.8, 4) is 5.75 Å². The largest absolute Gasteiger partial charge is 0.497 e. The molecule has 96 valence electrons. The van der Waals surface area contributed by atoms with Crippen molar-refractivity contribution in [2.24, 2.45) is 0 Å². The number of methoxy groups -OCH3 is 1. The summed E-state index contributed by atoms with van der Waals surface area (Å²) < 4.78 is 11.1. The third-order valence-electron chi connectivity index (χ3n) is 3.45. The van der Waals surface area contributed by atoms with E-state index in [2.05, 4.69) is 22.6 Å². The maximum absolute atomic E-state index is 5.90. The Labute approximate surface area is 106 Å². The van der Waals surface area contributed by atoms with Crippen LogP contribution < -0.4 is 10.1 Å². The molecule has 1 saturated heterocycles. The minimum Gasteiger partial charge on any atom is -0.497 e. The number of ether oxygens (including phenoxy) is 2. The van der Waals surface area contributed by atoms with Crippen molar-refractivity contribution in [2.75, 3.05) is 26.8 Å². The molecule has 0 spiro atoms. The lowest BCUT2D eigenvalue weighted by Crippen LogP contribution is -2.16. The second-order valence-corrected chi connectivity index (χ2v) is 4.55. The summed E-state index contributed by atoms with van der Waals surface area (Å²) in [5.41, 5.74) is 2.35. The molecule has 3 rings (SSSR count). The van der Waals surface area contributed by atoms with Crippen LogP contribution in [0.3, 0.4) is 0 Å². The fraction of sp³-hybridized carbons (Fsp3) is 0.429. The molecular formula is C14H18N2O2. The first-order valence-electron chi connectivity index (χ1n) is 6.36. The topological polar surface area (TPSA) is 46.3 Å². The third-order valence-corrected chi connectivity index (χ3v) is 3.45. The summed E-state index contributed by atoms with van der Waals surface area (Å²) in [4.78, 5) is 3.30. The van der Waals surface area contributed by atoms with E-state index in [0.29, 0.717) is 0 Å². The molecule has 4 heteroatoms. The first-order chi connectivity index (χ1) is 8.88. The van der Waals surface area contributed by atoms with Gasteiger partial charge in [-0.25, -0.2) is 0 Å². The summed E-state index contributed by atoms with van der Waals surface area (Å²) in [6.07, 6.45) is 3.25. The van der Waals surface area contributed by atoms with Crippen molar-refractivity contribution in [1.82, 2.24) is 10.3 Å². The van der Waals surface area contributed by atoms with Gasteiger partial charge in [0.15, 0.2) is 0 Å². The highest BCUT2D eigenvalue weighted by Gasteiger charge is 2.18. The zero-order valence-corrected chi connectivity index (χ0v) is 10.5. The standard InChI is InChI=1S/C14H18N2O2/c1-17-10-2-3-11-12(9-16-13(11)8-10)14-4-5-15-6-7-18-14/h2-3,8-9,14-16H,4-7H2,1H3. The molecule has 1 aliphatic heterocycles. The molecule has 2 heterocycles. The molecule has 4 nitrogen and oxygen atoms in total. The van der Waals surface area contributed by atoms with Crippen LogP contribution in [0.15, 0.2) is 24.4 Å². The van der Waals surface area contributed by atoms with Gasteiger partial charge in [-0.05, 0) is 25.1 Å². The summed E-state index contributed by atoms with van der Waals surface area (Å²) in [5, 5.41) is 4.57. The zero-order valence-electron chi connectivity index (χ0n) is 10.5. The highest BCUT2D eigenvalue weighted by Crippen LogP contribution is 2.31. The fourth-order valence-electron chi connectivity index (χ4n) is 2.48. The lowest BCUT2D eigenvalue weighted by Gasteiger charge is -2.13. The van der Waals surface area contributed by atoms with Crippen molar-refractivity contribution < 1.29 is 9.47 Å². The molecule has 2 aromatic rings. The van der Waals surface area contributed by atoms with Gasteiger partial charge in [0.1, 0.15) is 5.75 Å². The van der Waals surface area contributed by atoms with Gasteiger partial charge < -0.3 is 19.8 Å². The van der Waals surface area contributed by atoms with Crippen molar-refractivity contribution in [2.45, 2.75) is 12.5 Å². The Morgan fingerprint density at radius 3 is 3.17 bits per heavy atom. The molecule has 0 radical (unpaired) electrons. The van der Waals surface area contributed by atoms with Crippen LogP contribution in [-0.4, -0.2) is 31.8 Å². The van der Waals surface area contributed by atoms with Crippen molar-refractivity contribution in [3.63, 3.8) is 0 Å². The Kier molecular flexibility index (Phi) is 3.21. The molecule has 1 aliphatic rings.